The summed E-state index contributed by atoms with van der Waals surface area (Å²) in [5.41, 5.74) is 8.04. The highest BCUT2D eigenvalue weighted by Crippen LogP contribution is 2.46. The standard InChI is InChI=1S/C50H43N11O6/c62-47-45(60-41(29-66-49(60)64)33-9-3-1-4-10-33)43-35-19-15-31(16-20-35)39-27-56(54-52-39)25-37-13-7-14-38(51-37)26-57-28-40(53-55-57)32-17-21-36(22-18-32)44-46(48(63)59(44)24-8-23-58(43)47)61-42(30-67-50(61)65)34-11-5-2-6-12-34/h1-7,9-22,27-28,41-46H,8,23-26,29-30H2/t41-,42-,43-,44-,45+,46+/m1/s1. The number of hydrogen-bond acceptors (Lipinski definition) is 11. The van der Waals surface area contributed by atoms with Gasteiger partial charge in [-0.2, -0.15) is 0 Å². The van der Waals surface area contributed by atoms with Crippen LogP contribution in [0.1, 0.15) is 64.2 Å². The number of β-lactam (4-membered cyclic amide) rings is 2. The minimum absolute atomic E-state index is 0.129. The molecule has 0 radical (unpaired) electrons. The molecule has 8 aliphatic heterocycles. The highest BCUT2D eigenvalue weighted by atomic mass is 16.6. The number of carbonyl (C=O) groups excluding carboxylic acids is 4. The van der Waals surface area contributed by atoms with Crippen molar-refractivity contribution in [1.29, 1.82) is 0 Å². The van der Waals surface area contributed by atoms with Gasteiger partial charge in [0, 0.05) is 24.2 Å². The lowest BCUT2D eigenvalue weighted by Gasteiger charge is -2.53. The Bertz CT molecular complexity index is 2820. The van der Waals surface area contributed by atoms with Gasteiger partial charge in [-0.1, -0.05) is 126 Å². The molecule has 17 heteroatoms. The lowest BCUT2D eigenvalue weighted by atomic mass is 9.84. The van der Waals surface area contributed by atoms with Gasteiger partial charge in [0.1, 0.15) is 36.7 Å². The SMILES string of the molecule is O=C1[C@@H](N2C(=O)OC[C@@H]2c2ccccc2)[C@H]2c3ccc(cc3)-c3cn(nn3)Cc3cccc(n3)Cn3cc(nn3)-c3ccc(cc3)[C@@H]3[C@H](N4C(=O)OC[C@@H]4c4ccccc4)C(=O)N3CCCN12. The number of hydrogen-bond donors (Lipinski definition) is 0. The van der Waals surface area contributed by atoms with Crippen LogP contribution in [0.3, 0.4) is 0 Å². The Kier molecular flexibility index (Phi) is 9.83. The highest BCUT2D eigenvalue weighted by molar-refractivity contribution is 5.94. The van der Waals surface area contributed by atoms with Crippen LogP contribution in [0.5, 0.6) is 0 Å². The first kappa shape index (κ1) is 40.3. The molecule has 3 aromatic heterocycles. The van der Waals surface area contributed by atoms with Crippen molar-refractivity contribution in [2.24, 2.45) is 0 Å². The number of benzene rings is 4. The van der Waals surface area contributed by atoms with E-state index in [1.165, 1.54) is 0 Å². The molecule has 334 valence electrons. The van der Waals surface area contributed by atoms with Gasteiger partial charge in [-0.25, -0.2) is 19.0 Å². The fourth-order valence-corrected chi connectivity index (χ4v) is 10.3. The van der Waals surface area contributed by atoms with Crippen molar-refractivity contribution in [1.82, 2.24) is 54.6 Å². The van der Waals surface area contributed by atoms with Gasteiger partial charge < -0.3 is 19.3 Å². The van der Waals surface area contributed by atoms with Gasteiger partial charge in [-0.3, -0.25) is 24.4 Å². The molecule has 0 spiro atoms. The smallest absolute Gasteiger partial charge is 0.411 e. The molecule has 4 fully saturated rings. The van der Waals surface area contributed by atoms with Gasteiger partial charge in [-0.15, -0.1) is 10.2 Å². The third-order valence-corrected chi connectivity index (χ3v) is 13.6. The fraction of sp³-hybridized carbons (Fsp3) is 0.260. The zero-order valence-electron chi connectivity index (χ0n) is 36.1. The summed E-state index contributed by atoms with van der Waals surface area (Å²) in [6.45, 7) is 1.67. The Morgan fingerprint density at radius 2 is 0.896 bits per heavy atom. The number of cyclic esters (lactones) is 2. The van der Waals surface area contributed by atoms with E-state index < -0.39 is 48.4 Å². The fourth-order valence-electron chi connectivity index (χ4n) is 10.3. The second kappa shape index (κ2) is 16.3. The third kappa shape index (κ3) is 7.04. The summed E-state index contributed by atoms with van der Waals surface area (Å²) in [7, 11) is 0. The van der Waals surface area contributed by atoms with Crippen molar-refractivity contribution in [3.05, 3.63) is 173 Å². The number of aromatic nitrogens is 7. The predicted molar refractivity (Wildman–Crippen MR) is 239 cm³/mol. The van der Waals surface area contributed by atoms with E-state index >= 15 is 0 Å². The molecular weight excluding hydrogens is 851 g/mol. The summed E-state index contributed by atoms with van der Waals surface area (Å²) < 4.78 is 14.7. The Labute approximate surface area is 384 Å². The van der Waals surface area contributed by atoms with Gasteiger partial charge in [0.15, 0.2) is 0 Å². The quantitative estimate of drug-likeness (QED) is 0.190. The van der Waals surface area contributed by atoms with Crippen molar-refractivity contribution in [2.75, 3.05) is 26.3 Å². The van der Waals surface area contributed by atoms with Crippen LogP contribution in [-0.2, 0) is 32.2 Å². The molecule has 10 bridgehead atoms. The average Bonchev–Trinajstić information content (AvgIpc) is 4.19. The van der Waals surface area contributed by atoms with Crippen LogP contribution in [0.4, 0.5) is 9.59 Å². The summed E-state index contributed by atoms with van der Waals surface area (Å²) in [6, 6.07) is 37.2. The van der Waals surface area contributed by atoms with Crippen molar-refractivity contribution in [2.45, 2.75) is 55.8 Å². The molecule has 0 unspecified atom stereocenters. The van der Waals surface area contributed by atoms with Crippen LogP contribution in [0, 0.1) is 0 Å². The zero-order valence-corrected chi connectivity index (χ0v) is 36.1. The Hall–Kier alpha value is -8.21. The maximum atomic E-state index is 14.5. The second-order valence-corrected chi connectivity index (χ2v) is 17.5. The third-order valence-electron chi connectivity index (χ3n) is 13.6. The molecule has 6 atom stereocenters. The number of amides is 4. The second-order valence-electron chi connectivity index (χ2n) is 17.5. The molecule has 4 saturated heterocycles. The molecule has 15 rings (SSSR count). The van der Waals surface area contributed by atoms with Gasteiger partial charge in [-0.05, 0) is 40.8 Å². The first-order chi connectivity index (χ1) is 32.9. The van der Waals surface area contributed by atoms with Crippen LogP contribution < -0.4 is 0 Å². The van der Waals surface area contributed by atoms with Gasteiger partial charge in [0.2, 0.25) is 11.8 Å². The highest BCUT2D eigenvalue weighted by Gasteiger charge is 2.58. The van der Waals surface area contributed by atoms with Crippen molar-refractivity contribution in [3.8, 4) is 22.5 Å². The zero-order chi connectivity index (χ0) is 45.2. The van der Waals surface area contributed by atoms with Crippen molar-refractivity contribution < 1.29 is 28.7 Å². The molecule has 4 amide bonds. The number of rotatable bonds is 4. The molecule has 0 N–H and O–H groups in total. The lowest BCUT2D eigenvalue weighted by Crippen LogP contribution is -2.67. The minimum Gasteiger partial charge on any atom is -0.447 e. The van der Waals surface area contributed by atoms with E-state index in [0.29, 0.717) is 44.0 Å². The largest absolute Gasteiger partial charge is 0.447 e. The first-order valence-corrected chi connectivity index (χ1v) is 22.4. The van der Waals surface area contributed by atoms with Crippen molar-refractivity contribution >= 4 is 24.0 Å². The van der Waals surface area contributed by atoms with Crippen LogP contribution in [0.25, 0.3) is 22.5 Å². The van der Waals surface area contributed by atoms with Crippen LogP contribution in [-0.4, -0.2) is 117 Å². The monoisotopic (exact) mass is 893 g/mol. The summed E-state index contributed by atoms with van der Waals surface area (Å²) in [4.78, 5) is 67.7. The van der Waals surface area contributed by atoms with Gasteiger partial charge in [0.05, 0.1) is 61.0 Å². The molecule has 0 saturated carbocycles. The molecule has 8 aliphatic rings. The van der Waals surface area contributed by atoms with Crippen LogP contribution >= 0.6 is 0 Å². The maximum Gasteiger partial charge on any atom is 0.411 e. The van der Waals surface area contributed by atoms with E-state index in [4.69, 9.17) is 14.5 Å². The van der Waals surface area contributed by atoms with Crippen molar-refractivity contribution in [3.63, 3.8) is 0 Å². The number of carbonyl (C=O) groups is 4. The number of nitrogens with zero attached hydrogens (tertiary/aromatic N) is 11. The van der Waals surface area contributed by atoms with Gasteiger partial charge >= 0.3 is 12.2 Å². The first-order valence-electron chi connectivity index (χ1n) is 22.4. The molecule has 67 heavy (non-hydrogen) atoms. The predicted octanol–water partition coefficient (Wildman–Crippen LogP) is 5.99. The van der Waals surface area contributed by atoms with Crippen LogP contribution in [0.2, 0.25) is 0 Å². The lowest BCUT2D eigenvalue weighted by molar-refractivity contribution is -0.161. The van der Waals surface area contributed by atoms with Gasteiger partial charge in [0.25, 0.3) is 0 Å². The topological polar surface area (TPSA) is 174 Å². The summed E-state index contributed by atoms with van der Waals surface area (Å²) >= 11 is 0. The summed E-state index contributed by atoms with van der Waals surface area (Å²) in [5.74, 6) is -0.407. The normalized spacial score (nSPS) is 23.6. The Morgan fingerprint density at radius 1 is 0.463 bits per heavy atom. The van der Waals surface area contributed by atoms with E-state index in [9.17, 15) is 19.2 Å². The average molecular weight is 894 g/mol. The molecule has 11 heterocycles. The Morgan fingerprint density at radius 3 is 1.33 bits per heavy atom. The van der Waals surface area contributed by atoms with E-state index in [2.05, 4.69) is 20.6 Å². The molecule has 7 aromatic rings. The molecular formula is C50H43N11O6. The van der Waals surface area contributed by atoms with E-state index in [0.717, 1.165) is 44.8 Å². The number of ether oxygens (including phenoxy) is 2. The molecule has 0 aliphatic carbocycles. The minimum atomic E-state index is -0.819. The summed E-state index contributed by atoms with van der Waals surface area (Å²) in [6.07, 6.45) is 3.10. The van der Waals surface area contributed by atoms with Crippen LogP contribution in [0.15, 0.2) is 140 Å². The van der Waals surface area contributed by atoms with E-state index in [-0.39, 0.29) is 25.0 Å². The van der Waals surface area contributed by atoms with E-state index in [1.54, 1.807) is 29.0 Å². The summed E-state index contributed by atoms with van der Waals surface area (Å²) in [5, 5.41) is 17.8. The molecule has 4 aromatic carbocycles. The number of pyridine rings is 1. The maximum absolute atomic E-state index is 14.5. The van der Waals surface area contributed by atoms with E-state index in [1.807, 2.05) is 140 Å². The molecule has 17 nitrogen and oxygen atoms in total. The Balaban J connectivity index is 0.901.